The number of hydrogen-bond donors (Lipinski definition) is 1. The fraction of sp³-hybridized carbons (Fsp3) is 0.333. The normalized spacial score (nSPS) is 18.3. The second kappa shape index (κ2) is 7.97. The number of nitrogens with zero attached hydrogens (tertiary/aromatic N) is 2. The molecule has 0 bridgehead atoms. The molecule has 1 aromatic carbocycles. The van der Waals surface area contributed by atoms with Crippen LogP contribution < -0.4 is 5.32 Å². The van der Waals surface area contributed by atoms with Crippen molar-refractivity contribution in [1.82, 2.24) is 15.2 Å². The Balaban J connectivity index is 1.57. The largest absolute Gasteiger partial charge is 0.348 e. The van der Waals surface area contributed by atoms with Gasteiger partial charge < -0.3 is 5.32 Å². The average Bonchev–Trinajstić information content (AvgIpc) is 2.57. The van der Waals surface area contributed by atoms with Gasteiger partial charge in [0.05, 0.1) is 0 Å². The van der Waals surface area contributed by atoms with Gasteiger partial charge in [-0.3, -0.25) is 9.69 Å². The van der Waals surface area contributed by atoms with E-state index in [1.54, 1.807) is 18.3 Å². The van der Waals surface area contributed by atoms with E-state index in [-0.39, 0.29) is 11.9 Å². The molecule has 1 amide bonds. The van der Waals surface area contributed by atoms with Gasteiger partial charge in [-0.25, -0.2) is 4.98 Å². The predicted molar refractivity (Wildman–Crippen MR) is 96.5 cm³/mol. The Morgan fingerprint density at radius 3 is 2.79 bits per heavy atom. The maximum Gasteiger partial charge on any atom is 0.251 e. The first-order valence-corrected chi connectivity index (χ1v) is 8.75. The zero-order chi connectivity index (χ0) is 16.9. The summed E-state index contributed by atoms with van der Waals surface area (Å²) in [7, 11) is 0. The summed E-state index contributed by atoms with van der Waals surface area (Å²) in [4.78, 5) is 18.6. The van der Waals surface area contributed by atoms with Gasteiger partial charge in [0.2, 0.25) is 0 Å². The molecule has 1 N–H and O–H groups in total. The highest BCUT2D eigenvalue weighted by atomic mass is 35.5. The molecule has 24 heavy (non-hydrogen) atoms. The number of hydrogen-bond acceptors (Lipinski definition) is 3. The number of likely N-dealkylation sites (tertiary alicyclic amines) is 1. The number of amides is 1. The molecule has 1 aliphatic heterocycles. The van der Waals surface area contributed by atoms with Crippen LogP contribution >= 0.6 is 23.2 Å². The Bertz CT molecular complexity index is 706. The van der Waals surface area contributed by atoms with Gasteiger partial charge in [-0.2, -0.15) is 0 Å². The second-order valence-corrected chi connectivity index (χ2v) is 6.87. The summed E-state index contributed by atoms with van der Waals surface area (Å²) in [6.45, 7) is 2.74. The topological polar surface area (TPSA) is 45.2 Å². The quantitative estimate of drug-likeness (QED) is 0.840. The molecule has 0 radical (unpaired) electrons. The molecular weight excluding hydrogens is 345 g/mol. The van der Waals surface area contributed by atoms with Crippen molar-refractivity contribution in [2.75, 3.05) is 13.1 Å². The first-order chi connectivity index (χ1) is 11.6. The van der Waals surface area contributed by atoms with E-state index in [4.69, 9.17) is 23.2 Å². The van der Waals surface area contributed by atoms with Gasteiger partial charge in [0, 0.05) is 35.9 Å². The predicted octanol–water partition coefficient (Wildman–Crippen LogP) is 3.78. The summed E-state index contributed by atoms with van der Waals surface area (Å²) < 4.78 is 0. The number of piperidine rings is 1. The molecule has 2 heterocycles. The third kappa shape index (κ3) is 4.69. The number of pyridine rings is 1. The summed E-state index contributed by atoms with van der Waals surface area (Å²) in [5, 5.41) is 4.18. The van der Waals surface area contributed by atoms with Crippen LogP contribution in [0.3, 0.4) is 0 Å². The Labute approximate surface area is 151 Å². The molecule has 1 aliphatic rings. The Morgan fingerprint density at radius 1 is 1.25 bits per heavy atom. The lowest BCUT2D eigenvalue weighted by Gasteiger charge is -2.33. The van der Waals surface area contributed by atoms with Crippen molar-refractivity contribution in [3.8, 4) is 0 Å². The van der Waals surface area contributed by atoms with Crippen molar-refractivity contribution in [2.24, 2.45) is 0 Å². The van der Waals surface area contributed by atoms with Crippen LogP contribution in [0.5, 0.6) is 0 Å². The first-order valence-electron chi connectivity index (χ1n) is 7.99. The Hall–Kier alpha value is -1.62. The zero-order valence-corrected chi connectivity index (χ0v) is 14.7. The summed E-state index contributed by atoms with van der Waals surface area (Å²) in [6.07, 6.45) is 3.60. The highest BCUT2D eigenvalue weighted by Gasteiger charge is 2.22. The molecule has 1 fully saturated rings. The molecule has 1 atom stereocenters. The smallest absolute Gasteiger partial charge is 0.251 e. The van der Waals surface area contributed by atoms with Gasteiger partial charge in [-0.1, -0.05) is 35.3 Å². The van der Waals surface area contributed by atoms with Crippen LogP contribution in [-0.4, -0.2) is 34.9 Å². The van der Waals surface area contributed by atoms with E-state index in [1.165, 1.54) is 5.56 Å². The second-order valence-electron chi connectivity index (χ2n) is 6.04. The maximum absolute atomic E-state index is 12.3. The molecule has 1 saturated heterocycles. The van der Waals surface area contributed by atoms with Crippen molar-refractivity contribution in [2.45, 2.75) is 25.4 Å². The van der Waals surface area contributed by atoms with Gasteiger partial charge in [0.15, 0.2) is 0 Å². The monoisotopic (exact) mass is 363 g/mol. The number of carbonyl (C=O) groups is 1. The molecule has 4 nitrogen and oxygen atoms in total. The van der Waals surface area contributed by atoms with Crippen LogP contribution in [0.2, 0.25) is 10.2 Å². The summed E-state index contributed by atoms with van der Waals surface area (Å²) in [5.41, 5.74) is 1.78. The average molecular weight is 364 g/mol. The van der Waals surface area contributed by atoms with Gasteiger partial charge in [-0.15, -0.1) is 0 Å². The van der Waals surface area contributed by atoms with Gasteiger partial charge in [-0.05, 0) is 49.2 Å². The van der Waals surface area contributed by atoms with Crippen molar-refractivity contribution < 1.29 is 4.79 Å². The number of aromatic nitrogens is 1. The fourth-order valence-electron chi connectivity index (χ4n) is 2.98. The molecule has 1 aromatic heterocycles. The number of rotatable bonds is 4. The van der Waals surface area contributed by atoms with E-state index in [2.05, 4.69) is 15.2 Å². The minimum absolute atomic E-state index is 0.0994. The van der Waals surface area contributed by atoms with E-state index in [9.17, 15) is 4.79 Å². The molecule has 0 aliphatic carbocycles. The van der Waals surface area contributed by atoms with Crippen molar-refractivity contribution in [3.05, 3.63) is 63.9 Å². The number of carbonyl (C=O) groups excluding carboxylic acids is 1. The Kier molecular flexibility index (Phi) is 5.72. The minimum Gasteiger partial charge on any atom is -0.348 e. The number of halogens is 2. The molecule has 3 rings (SSSR count). The van der Waals surface area contributed by atoms with Gasteiger partial charge in [0.1, 0.15) is 5.15 Å². The van der Waals surface area contributed by atoms with E-state index >= 15 is 0 Å². The third-order valence-corrected chi connectivity index (χ3v) is 4.61. The van der Waals surface area contributed by atoms with E-state index < -0.39 is 0 Å². The Morgan fingerprint density at radius 2 is 2.04 bits per heavy atom. The van der Waals surface area contributed by atoms with E-state index in [0.717, 1.165) is 37.5 Å². The number of nitrogens with one attached hydrogen (secondary N) is 1. The standard InChI is InChI=1S/C18H19Cl2N3O/c19-15-5-3-13(4-6-15)11-23-9-1-2-16(12-23)22-18(24)14-7-8-21-17(20)10-14/h3-8,10,16H,1-2,9,11-12H2,(H,22,24)/t16-/m1/s1. The maximum atomic E-state index is 12.3. The SMILES string of the molecule is O=C(N[C@@H]1CCCN(Cc2ccc(Cl)cc2)C1)c1ccnc(Cl)c1. The summed E-state index contributed by atoms with van der Waals surface area (Å²) in [6, 6.07) is 11.3. The summed E-state index contributed by atoms with van der Waals surface area (Å²) >= 11 is 11.8. The fourth-order valence-corrected chi connectivity index (χ4v) is 3.28. The van der Waals surface area contributed by atoms with Crippen LogP contribution in [0, 0.1) is 0 Å². The van der Waals surface area contributed by atoms with Gasteiger partial charge >= 0.3 is 0 Å². The first kappa shape index (κ1) is 17.2. The van der Waals surface area contributed by atoms with Crippen molar-refractivity contribution >= 4 is 29.1 Å². The van der Waals surface area contributed by atoms with Crippen LogP contribution in [-0.2, 0) is 6.54 Å². The van der Waals surface area contributed by atoms with E-state index in [1.807, 2.05) is 24.3 Å². The van der Waals surface area contributed by atoms with Crippen molar-refractivity contribution in [3.63, 3.8) is 0 Å². The van der Waals surface area contributed by atoms with Crippen LogP contribution in [0.4, 0.5) is 0 Å². The molecule has 126 valence electrons. The van der Waals surface area contributed by atoms with Gasteiger partial charge in [0.25, 0.3) is 5.91 Å². The van der Waals surface area contributed by atoms with Crippen LogP contribution in [0.1, 0.15) is 28.8 Å². The van der Waals surface area contributed by atoms with Crippen molar-refractivity contribution in [1.29, 1.82) is 0 Å². The molecule has 2 aromatic rings. The molecular formula is C18H19Cl2N3O. The molecule has 6 heteroatoms. The van der Waals surface area contributed by atoms with Crippen LogP contribution in [0.25, 0.3) is 0 Å². The summed E-state index contributed by atoms with van der Waals surface area (Å²) in [5.74, 6) is -0.0994. The lowest BCUT2D eigenvalue weighted by atomic mass is 10.0. The highest BCUT2D eigenvalue weighted by molar-refractivity contribution is 6.30. The van der Waals surface area contributed by atoms with Crippen LogP contribution in [0.15, 0.2) is 42.6 Å². The lowest BCUT2D eigenvalue weighted by Crippen LogP contribution is -2.47. The van der Waals surface area contributed by atoms with E-state index in [0.29, 0.717) is 10.7 Å². The molecule has 0 unspecified atom stereocenters. The minimum atomic E-state index is -0.0994. The molecule has 0 saturated carbocycles. The number of benzene rings is 1. The lowest BCUT2D eigenvalue weighted by molar-refractivity contribution is 0.0900. The molecule has 0 spiro atoms. The zero-order valence-electron chi connectivity index (χ0n) is 13.2. The highest BCUT2D eigenvalue weighted by Crippen LogP contribution is 2.16. The third-order valence-electron chi connectivity index (χ3n) is 4.15.